The van der Waals surface area contributed by atoms with Crippen molar-refractivity contribution in [3.8, 4) is 28.0 Å². The molecule has 23 heavy (non-hydrogen) atoms. The van der Waals surface area contributed by atoms with E-state index in [1.807, 2.05) is 32.2 Å². The van der Waals surface area contributed by atoms with Gasteiger partial charge in [-0.05, 0) is 37.6 Å². The van der Waals surface area contributed by atoms with Gasteiger partial charge in [-0.1, -0.05) is 17.3 Å². The molecule has 2 N–H and O–H groups in total. The predicted molar refractivity (Wildman–Crippen MR) is 88.2 cm³/mol. The Labute approximate surface area is 132 Å². The highest BCUT2D eigenvalue weighted by molar-refractivity contribution is 5.96. The Morgan fingerprint density at radius 1 is 1.13 bits per heavy atom. The zero-order chi connectivity index (χ0) is 16.0. The van der Waals surface area contributed by atoms with Crippen LogP contribution in [0.1, 0.15) is 11.5 Å². The smallest absolute Gasteiger partial charge is 0.141 e. The number of fused-ring (bicyclic) bond motifs is 1. The Balaban J connectivity index is 1.94. The monoisotopic (exact) mass is 305 g/mol. The molecule has 0 bridgehead atoms. The summed E-state index contributed by atoms with van der Waals surface area (Å²) in [6.07, 6.45) is 3.72. The van der Waals surface area contributed by atoms with Crippen LogP contribution in [0.3, 0.4) is 0 Å². The highest BCUT2D eigenvalue weighted by Crippen LogP contribution is 2.34. The molecular formula is C18H15N3O2. The van der Waals surface area contributed by atoms with E-state index < -0.39 is 0 Å². The van der Waals surface area contributed by atoms with Crippen LogP contribution >= 0.6 is 0 Å². The lowest BCUT2D eigenvalue weighted by Crippen LogP contribution is -1.84. The fraction of sp³-hybridized carbons (Fsp3) is 0.111. The van der Waals surface area contributed by atoms with Gasteiger partial charge in [0.15, 0.2) is 0 Å². The van der Waals surface area contributed by atoms with Gasteiger partial charge in [0.05, 0.1) is 5.69 Å². The van der Waals surface area contributed by atoms with Crippen LogP contribution < -0.4 is 0 Å². The standard InChI is InChI=1S/C18H15N3O2/c1-10-17(11(2)23-21-10)16-9-20-18-15(16)7-13(8-19-18)12-4-3-5-14(22)6-12/h3-9,22H,1-2H3,(H,19,20). The van der Waals surface area contributed by atoms with E-state index >= 15 is 0 Å². The number of hydrogen-bond donors (Lipinski definition) is 2. The second-order valence-corrected chi connectivity index (χ2v) is 5.57. The fourth-order valence-electron chi connectivity index (χ4n) is 2.92. The van der Waals surface area contributed by atoms with Crippen LogP contribution in [-0.4, -0.2) is 20.2 Å². The minimum absolute atomic E-state index is 0.239. The SMILES string of the molecule is Cc1noc(C)c1-c1c[nH]c2ncc(-c3cccc(O)c3)cc12. The molecule has 3 heterocycles. The van der Waals surface area contributed by atoms with Crippen molar-refractivity contribution in [1.29, 1.82) is 0 Å². The normalized spacial score (nSPS) is 11.2. The molecule has 0 saturated heterocycles. The topological polar surface area (TPSA) is 74.9 Å². The molecule has 0 atom stereocenters. The summed E-state index contributed by atoms with van der Waals surface area (Å²) >= 11 is 0. The van der Waals surface area contributed by atoms with Crippen LogP contribution in [0.2, 0.25) is 0 Å². The lowest BCUT2D eigenvalue weighted by molar-refractivity contribution is 0.393. The number of nitrogens with zero attached hydrogens (tertiary/aromatic N) is 2. The van der Waals surface area contributed by atoms with Crippen LogP contribution in [0.4, 0.5) is 0 Å². The average molecular weight is 305 g/mol. The van der Waals surface area contributed by atoms with E-state index in [0.29, 0.717) is 0 Å². The van der Waals surface area contributed by atoms with Crippen molar-refractivity contribution in [1.82, 2.24) is 15.1 Å². The predicted octanol–water partition coefficient (Wildman–Crippen LogP) is 4.21. The summed E-state index contributed by atoms with van der Waals surface area (Å²) in [7, 11) is 0. The highest BCUT2D eigenvalue weighted by atomic mass is 16.5. The van der Waals surface area contributed by atoms with Gasteiger partial charge >= 0.3 is 0 Å². The third-order valence-electron chi connectivity index (χ3n) is 4.01. The highest BCUT2D eigenvalue weighted by Gasteiger charge is 2.16. The molecule has 0 saturated carbocycles. The molecule has 0 spiro atoms. The first-order valence-corrected chi connectivity index (χ1v) is 7.33. The summed E-state index contributed by atoms with van der Waals surface area (Å²) in [5, 5.41) is 14.7. The first-order valence-electron chi connectivity index (χ1n) is 7.33. The second kappa shape index (κ2) is 4.98. The summed E-state index contributed by atoms with van der Waals surface area (Å²) in [6, 6.07) is 9.22. The summed E-state index contributed by atoms with van der Waals surface area (Å²) in [6.45, 7) is 3.83. The van der Waals surface area contributed by atoms with Crippen molar-refractivity contribution in [2.75, 3.05) is 0 Å². The second-order valence-electron chi connectivity index (χ2n) is 5.57. The van der Waals surface area contributed by atoms with Crippen molar-refractivity contribution < 1.29 is 9.63 Å². The lowest BCUT2D eigenvalue weighted by atomic mass is 10.0. The molecule has 0 unspecified atom stereocenters. The molecule has 114 valence electrons. The number of phenols is 1. The Morgan fingerprint density at radius 3 is 2.74 bits per heavy atom. The third kappa shape index (κ3) is 2.17. The summed E-state index contributed by atoms with van der Waals surface area (Å²) in [5.41, 5.74) is 5.54. The van der Waals surface area contributed by atoms with Crippen molar-refractivity contribution >= 4 is 11.0 Å². The van der Waals surface area contributed by atoms with Gasteiger partial charge in [0.25, 0.3) is 0 Å². The maximum Gasteiger partial charge on any atom is 0.141 e. The first-order chi connectivity index (χ1) is 11.1. The Hall–Kier alpha value is -3.08. The van der Waals surface area contributed by atoms with Gasteiger partial charge < -0.3 is 14.6 Å². The van der Waals surface area contributed by atoms with Gasteiger partial charge in [-0.25, -0.2) is 4.98 Å². The number of aryl methyl sites for hydroxylation is 2. The molecule has 0 radical (unpaired) electrons. The molecule has 4 rings (SSSR count). The summed E-state index contributed by atoms with van der Waals surface area (Å²) in [4.78, 5) is 7.68. The Morgan fingerprint density at radius 2 is 2.00 bits per heavy atom. The number of rotatable bonds is 2. The number of H-pyrrole nitrogens is 1. The summed E-state index contributed by atoms with van der Waals surface area (Å²) in [5.74, 6) is 1.02. The van der Waals surface area contributed by atoms with Crippen molar-refractivity contribution in [3.05, 3.63) is 54.2 Å². The zero-order valence-electron chi connectivity index (χ0n) is 12.8. The maximum atomic E-state index is 9.68. The molecule has 0 aliphatic carbocycles. The molecule has 5 heteroatoms. The molecule has 3 aromatic heterocycles. The van der Waals surface area contributed by atoms with Gasteiger partial charge in [0.2, 0.25) is 0 Å². The van der Waals surface area contributed by atoms with Crippen molar-refractivity contribution in [2.24, 2.45) is 0 Å². The van der Waals surface area contributed by atoms with Gasteiger partial charge in [0, 0.05) is 34.5 Å². The Kier molecular flexibility index (Phi) is 2.94. The molecule has 1 aromatic carbocycles. The third-order valence-corrected chi connectivity index (χ3v) is 4.01. The van der Waals surface area contributed by atoms with Crippen LogP contribution in [0, 0.1) is 13.8 Å². The van der Waals surface area contributed by atoms with E-state index in [0.717, 1.165) is 44.7 Å². The van der Waals surface area contributed by atoms with Crippen LogP contribution in [0.5, 0.6) is 5.75 Å². The van der Waals surface area contributed by atoms with Gasteiger partial charge in [-0.15, -0.1) is 0 Å². The van der Waals surface area contributed by atoms with Crippen LogP contribution in [-0.2, 0) is 0 Å². The number of pyridine rings is 1. The van der Waals surface area contributed by atoms with Gasteiger partial charge in [0.1, 0.15) is 17.2 Å². The Bertz CT molecular complexity index is 995. The minimum atomic E-state index is 0.239. The van der Waals surface area contributed by atoms with E-state index in [2.05, 4.69) is 21.2 Å². The number of aromatic amines is 1. The number of benzene rings is 1. The molecule has 0 aliphatic heterocycles. The maximum absolute atomic E-state index is 9.68. The fourth-order valence-corrected chi connectivity index (χ4v) is 2.92. The van der Waals surface area contributed by atoms with E-state index in [-0.39, 0.29) is 5.75 Å². The number of aromatic nitrogens is 3. The van der Waals surface area contributed by atoms with Gasteiger partial charge in [-0.3, -0.25) is 0 Å². The minimum Gasteiger partial charge on any atom is -0.508 e. The molecule has 4 aromatic rings. The number of nitrogens with one attached hydrogen (secondary N) is 1. The number of aromatic hydroxyl groups is 1. The van der Waals surface area contributed by atoms with Crippen LogP contribution in [0.25, 0.3) is 33.3 Å². The van der Waals surface area contributed by atoms with Crippen molar-refractivity contribution in [3.63, 3.8) is 0 Å². The quantitative estimate of drug-likeness (QED) is 0.582. The number of hydrogen-bond acceptors (Lipinski definition) is 4. The van der Waals surface area contributed by atoms with E-state index in [9.17, 15) is 5.11 Å². The molecule has 0 fully saturated rings. The molecule has 0 amide bonds. The molecular weight excluding hydrogens is 290 g/mol. The average Bonchev–Trinajstić information content (AvgIpc) is 3.10. The lowest BCUT2D eigenvalue weighted by Gasteiger charge is -2.04. The molecule has 0 aliphatic rings. The summed E-state index contributed by atoms with van der Waals surface area (Å²) < 4.78 is 5.28. The van der Waals surface area contributed by atoms with Gasteiger partial charge in [-0.2, -0.15) is 0 Å². The zero-order valence-corrected chi connectivity index (χ0v) is 12.8. The van der Waals surface area contributed by atoms with E-state index in [4.69, 9.17) is 4.52 Å². The van der Waals surface area contributed by atoms with Crippen molar-refractivity contribution in [2.45, 2.75) is 13.8 Å². The first kappa shape index (κ1) is 13.6. The molecule has 5 nitrogen and oxygen atoms in total. The number of phenolic OH excluding ortho intramolecular Hbond substituents is 1. The largest absolute Gasteiger partial charge is 0.508 e. The van der Waals surface area contributed by atoms with E-state index in [1.54, 1.807) is 18.3 Å². The van der Waals surface area contributed by atoms with E-state index in [1.165, 1.54) is 0 Å². The van der Waals surface area contributed by atoms with Crippen LogP contribution in [0.15, 0.2) is 47.2 Å².